The van der Waals surface area contributed by atoms with Gasteiger partial charge in [0.1, 0.15) is 5.82 Å². The molecule has 1 saturated heterocycles. The van der Waals surface area contributed by atoms with Crippen LogP contribution in [0.25, 0.3) is 11.3 Å². The number of carbonyl (C=O) groups is 1. The van der Waals surface area contributed by atoms with Crippen molar-refractivity contribution in [3.05, 3.63) is 35.7 Å². The third-order valence-electron chi connectivity index (χ3n) is 4.29. The Morgan fingerprint density at radius 2 is 1.87 bits per heavy atom. The Morgan fingerprint density at radius 3 is 2.43 bits per heavy atom. The number of nitrogens with zero attached hydrogens (tertiary/aromatic N) is 2. The molecule has 2 aromatic rings. The minimum atomic E-state index is 0.0841. The number of aromatic amines is 1. The first-order valence-corrected chi connectivity index (χ1v) is 8.01. The molecule has 2 atom stereocenters. The van der Waals surface area contributed by atoms with E-state index in [2.05, 4.69) is 28.7 Å². The highest BCUT2D eigenvalue weighted by atomic mass is 16.5. The number of carbonyl (C=O) groups excluding carboxylic acids is 1. The van der Waals surface area contributed by atoms with Crippen LogP contribution in [-0.2, 0) is 4.74 Å². The Hall–Kier alpha value is -2.14. The quantitative estimate of drug-likeness (QED) is 0.884. The van der Waals surface area contributed by atoms with Crippen LogP contribution in [0.15, 0.2) is 24.5 Å². The van der Waals surface area contributed by atoms with Gasteiger partial charge in [0.25, 0.3) is 0 Å². The van der Waals surface area contributed by atoms with E-state index in [9.17, 15) is 4.79 Å². The molecule has 0 spiro atoms. The molecule has 0 radical (unpaired) electrons. The molecule has 0 aliphatic carbocycles. The van der Waals surface area contributed by atoms with E-state index >= 15 is 0 Å². The SMILES string of the molecule is CC(=O)c1c(N2CC(C)OC(C)C2)[nH]c(-c2ccncc2)c1C. The lowest BCUT2D eigenvalue weighted by Crippen LogP contribution is -2.46. The molecule has 1 N–H and O–H groups in total. The van der Waals surface area contributed by atoms with Crippen LogP contribution in [0.2, 0.25) is 0 Å². The number of nitrogens with one attached hydrogen (secondary N) is 1. The first kappa shape index (κ1) is 15.7. The summed E-state index contributed by atoms with van der Waals surface area (Å²) in [5.74, 6) is 0.990. The highest BCUT2D eigenvalue weighted by molar-refractivity contribution is 6.02. The van der Waals surface area contributed by atoms with E-state index in [1.807, 2.05) is 19.1 Å². The van der Waals surface area contributed by atoms with Crippen molar-refractivity contribution in [1.82, 2.24) is 9.97 Å². The van der Waals surface area contributed by atoms with Crippen LogP contribution in [0.4, 0.5) is 5.82 Å². The average Bonchev–Trinajstić information content (AvgIpc) is 2.85. The molecule has 0 bridgehead atoms. The maximum Gasteiger partial charge on any atom is 0.163 e. The predicted molar refractivity (Wildman–Crippen MR) is 91.0 cm³/mol. The maximum absolute atomic E-state index is 12.2. The number of H-pyrrole nitrogens is 1. The van der Waals surface area contributed by atoms with Crippen molar-refractivity contribution in [3.8, 4) is 11.3 Å². The molecule has 1 aliphatic rings. The molecule has 0 saturated carbocycles. The normalized spacial score (nSPS) is 21.5. The summed E-state index contributed by atoms with van der Waals surface area (Å²) in [6, 6.07) is 3.91. The molecule has 0 amide bonds. The van der Waals surface area contributed by atoms with Gasteiger partial charge < -0.3 is 14.6 Å². The lowest BCUT2D eigenvalue weighted by molar-refractivity contribution is -0.00548. The Labute approximate surface area is 136 Å². The minimum Gasteiger partial charge on any atom is -0.372 e. The number of ketones is 1. The van der Waals surface area contributed by atoms with Crippen molar-refractivity contribution in [3.63, 3.8) is 0 Å². The van der Waals surface area contributed by atoms with Gasteiger partial charge in [-0.05, 0) is 45.4 Å². The van der Waals surface area contributed by atoms with E-state index in [-0.39, 0.29) is 18.0 Å². The zero-order valence-electron chi connectivity index (χ0n) is 14.1. The van der Waals surface area contributed by atoms with Crippen LogP contribution in [-0.4, -0.2) is 41.0 Å². The number of rotatable bonds is 3. The number of aromatic nitrogens is 2. The molecule has 3 rings (SSSR count). The van der Waals surface area contributed by atoms with Gasteiger partial charge in [-0.25, -0.2) is 0 Å². The molecule has 2 aromatic heterocycles. The van der Waals surface area contributed by atoms with Gasteiger partial charge in [0.15, 0.2) is 5.78 Å². The minimum absolute atomic E-state index is 0.0841. The van der Waals surface area contributed by atoms with Crippen LogP contribution in [0.1, 0.15) is 36.7 Å². The Kier molecular flexibility index (Phi) is 4.22. The summed E-state index contributed by atoms with van der Waals surface area (Å²) < 4.78 is 5.81. The van der Waals surface area contributed by atoms with Crippen LogP contribution in [0.3, 0.4) is 0 Å². The Morgan fingerprint density at radius 1 is 1.26 bits per heavy atom. The van der Waals surface area contributed by atoms with E-state index in [4.69, 9.17) is 4.74 Å². The second-order valence-corrected chi connectivity index (χ2v) is 6.30. The van der Waals surface area contributed by atoms with Crippen molar-refractivity contribution in [2.24, 2.45) is 0 Å². The third-order valence-corrected chi connectivity index (χ3v) is 4.29. The molecule has 5 nitrogen and oxygen atoms in total. The first-order chi connectivity index (χ1) is 11.0. The summed E-state index contributed by atoms with van der Waals surface area (Å²) in [7, 11) is 0. The molecule has 0 aromatic carbocycles. The third kappa shape index (κ3) is 3.01. The topological polar surface area (TPSA) is 58.2 Å². The zero-order chi connectivity index (χ0) is 16.6. The lowest BCUT2D eigenvalue weighted by Gasteiger charge is -2.36. The molecule has 3 heterocycles. The van der Waals surface area contributed by atoms with Crippen LogP contribution < -0.4 is 4.90 Å². The van der Waals surface area contributed by atoms with Gasteiger partial charge in [-0.2, -0.15) is 0 Å². The number of morpholine rings is 1. The summed E-state index contributed by atoms with van der Waals surface area (Å²) in [6.07, 6.45) is 3.82. The van der Waals surface area contributed by atoms with E-state index in [0.717, 1.165) is 41.3 Å². The number of pyridine rings is 1. The van der Waals surface area contributed by atoms with Gasteiger partial charge in [-0.15, -0.1) is 0 Å². The summed E-state index contributed by atoms with van der Waals surface area (Å²) in [4.78, 5) is 22.0. The fourth-order valence-corrected chi connectivity index (χ4v) is 3.41. The number of Topliss-reactive ketones (excluding diaryl/α,β-unsaturated/α-hetero) is 1. The zero-order valence-corrected chi connectivity index (χ0v) is 14.1. The lowest BCUT2D eigenvalue weighted by atomic mass is 10.0. The molecule has 23 heavy (non-hydrogen) atoms. The Balaban J connectivity index is 2.08. The molecule has 1 aliphatic heterocycles. The van der Waals surface area contributed by atoms with Crippen LogP contribution in [0, 0.1) is 6.92 Å². The summed E-state index contributed by atoms with van der Waals surface area (Å²) >= 11 is 0. The highest BCUT2D eigenvalue weighted by Gasteiger charge is 2.28. The van der Waals surface area contributed by atoms with Gasteiger partial charge in [0.05, 0.1) is 23.5 Å². The fourth-order valence-electron chi connectivity index (χ4n) is 3.41. The molecule has 122 valence electrons. The van der Waals surface area contributed by atoms with Crippen molar-refractivity contribution in [2.45, 2.75) is 39.9 Å². The van der Waals surface area contributed by atoms with Crippen molar-refractivity contribution in [1.29, 1.82) is 0 Å². The number of hydrogen-bond acceptors (Lipinski definition) is 4. The number of ether oxygens (including phenoxy) is 1. The number of hydrogen-bond donors (Lipinski definition) is 1. The average molecular weight is 313 g/mol. The number of anilines is 1. The van der Waals surface area contributed by atoms with Crippen molar-refractivity contribution >= 4 is 11.6 Å². The van der Waals surface area contributed by atoms with E-state index < -0.39 is 0 Å². The molecule has 2 unspecified atom stereocenters. The van der Waals surface area contributed by atoms with Gasteiger partial charge in [-0.3, -0.25) is 9.78 Å². The highest BCUT2D eigenvalue weighted by Crippen LogP contribution is 2.34. The summed E-state index contributed by atoms with van der Waals surface area (Å²) in [5, 5.41) is 0. The van der Waals surface area contributed by atoms with Gasteiger partial charge >= 0.3 is 0 Å². The standard InChI is InChI=1S/C18H23N3O2/c1-11-9-21(10-12(2)23-11)18-16(14(4)22)13(3)17(20-18)15-5-7-19-8-6-15/h5-8,11-12,20H,9-10H2,1-4H3. The fraction of sp³-hybridized carbons (Fsp3) is 0.444. The van der Waals surface area contributed by atoms with Crippen LogP contribution >= 0.6 is 0 Å². The molecule has 1 fully saturated rings. The van der Waals surface area contributed by atoms with Crippen molar-refractivity contribution in [2.75, 3.05) is 18.0 Å². The van der Waals surface area contributed by atoms with E-state index in [0.29, 0.717) is 0 Å². The second-order valence-electron chi connectivity index (χ2n) is 6.30. The van der Waals surface area contributed by atoms with Gasteiger partial charge in [0, 0.05) is 31.0 Å². The summed E-state index contributed by atoms with van der Waals surface area (Å²) in [5.41, 5.74) is 3.80. The molecular formula is C18H23N3O2. The van der Waals surface area contributed by atoms with Crippen LogP contribution in [0.5, 0.6) is 0 Å². The van der Waals surface area contributed by atoms with E-state index in [1.165, 1.54) is 0 Å². The predicted octanol–water partition coefficient (Wildman–Crippen LogP) is 3.20. The second kappa shape index (κ2) is 6.16. The molecule has 5 heteroatoms. The molecular weight excluding hydrogens is 290 g/mol. The maximum atomic E-state index is 12.2. The first-order valence-electron chi connectivity index (χ1n) is 8.01. The van der Waals surface area contributed by atoms with Gasteiger partial charge in [0.2, 0.25) is 0 Å². The monoisotopic (exact) mass is 313 g/mol. The smallest absolute Gasteiger partial charge is 0.163 e. The Bertz CT molecular complexity index is 699. The largest absolute Gasteiger partial charge is 0.372 e. The summed E-state index contributed by atoms with van der Waals surface area (Å²) in [6.45, 7) is 9.31. The van der Waals surface area contributed by atoms with Crippen molar-refractivity contribution < 1.29 is 9.53 Å². The van der Waals surface area contributed by atoms with Gasteiger partial charge in [-0.1, -0.05) is 0 Å². The van der Waals surface area contributed by atoms with E-state index in [1.54, 1.807) is 19.3 Å².